The molecule has 0 bridgehead atoms. The third-order valence-corrected chi connectivity index (χ3v) is 2.79. The maximum Gasteiger partial charge on any atom is 0.246 e. The van der Waals surface area contributed by atoms with Gasteiger partial charge in [-0.3, -0.25) is 4.79 Å². The number of aliphatic hydroxyl groups excluding tert-OH is 1. The Morgan fingerprint density at radius 3 is 2.90 bits per heavy atom. The summed E-state index contributed by atoms with van der Waals surface area (Å²) in [4.78, 5) is 11.9. The number of benzene rings is 1. The SMILES string of the molecule is CC(O)c1ccccc1NC(=O)Cn1cc(CN)nn1. The van der Waals surface area contributed by atoms with Crippen LogP contribution in [-0.2, 0) is 17.9 Å². The molecule has 1 unspecified atom stereocenters. The van der Waals surface area contributed by atoms with Crippen molar-refractivity contribution < 1.29 is 9.90 Å². The predicted molar refractivity (Wildman–Crippen MR) is 73.6 cm³/mol. The lowest BCUT2D eigenvalue weighted by Crippen LogP contribution is -2.20. The van der Waals surface area contributed by atoms with E-state index in [1.807, 2.05) is 6.07 Å². The second kappa shape index (κ2) is 6.27. The van der Waals surface area contributed by atoms with E-state index in [1.54, 1.807) is 31.3 Å². The first-order chi connectivity index (χ1) is 9.60. The van der Waals surface area contributed by atoms with Gasteiger partial charge in [0.1, 0.15) is 6.54 Å². The molecule has 7 nitrogen and oxygen atoms in total. The number of amides is 1. The number of anilines is 1. The van der Waals surface area contributed by atoms with E-state index in [-0.39, 0.29) is 19.0 Å². The number of hydrogen-bond donors (Lipinski definition) is 3. The number of rotatable bonds is 5. The molecule has 0 saturated carbocycles. The zero-order valence-electron chi connectivity index (χ0n) is 11.2. The highest BCUT2D eigenvalue weighted by Gasteiger charge is 2.11. The molecule has 4 N–H and O–H groups in total. The van der Waals surface area contributed by atoms with Crippen molar-refractivity contribution in [3.8, 4) is 0 Å². The van der Waals surface area contributed by atoms with Crippen molar-refractivity contribution in [3.63, 3.8) is 0 Å². The Kier molecular flexibility index (Phi) is 4.44. The number of carbonyl (C=O) groups is 1. The number of aromatic nitrogens is 3. The number of para-hydroxylation sites is 1. The molecule has 2 rings (SSSR count). The lowest BCUT2D eigenvalue weighted by Gasteiger charge is -2.12. The second-order valence-electron chi connectivity index (χ2n) is 4.42. The summed E-state index contributed by atoms with van der Waals surface area (Å²) < 4.78 is 1.42. The van der Waals surface area contributed by atoms with Crippen LogP contribution in [0.4, 0.5) is 5.69 Å². The molecule has 1 atom stereocenters. The molecule has 0 aliphatic carbocycles. The maximum absolute atomic E-state index is 11.9. The summed E-state index contributed by atoms with van der Waals surface area (Å²) in [6.45, 7) is 1.98. The maximum atomic E-state index is 11.9. The van der Waals surface area contributed by atoms with Gasteiger partial charge in [0.05, 0.1) is 18.0 Å². The summed E-state index contributed by atoms with van der Waals surface area (Å²) in [5.41, 5.74) is 7.31. The van der Waals surface area contributed by atoms with Crippen LogP contribution in [0, 0.1) is 0 Å². The zero-order valence-corrected chi connectivity index (χ0v) is 11.2. The van der Waals surface area contributed by atoms with Gasteiger partial charge >= 0.3 is 0 Å². The van der Waals surface area contributed by atoms with Gasteiger partial charge in [-0.1, -0.05) is 23.4 Å². The summed E-state index contributed by atoms with van der Waals surface area (Å²) in [5, 5.41) is 20.0. The van der Waals surface area contributed by atoms with E-state index in [0.717, 1.165) is 0 Å². The number of hydrogen-bond acceptors (Lipinski definition) is 5. The average molecular weight is 275 g/mol. The fourth-order valence-corrected chi connectivity index (χ4v) is 1.82. The fraction of sp³-hybridized carbons (Fsp3) is 0.308. The molecule has 106 valence electrons. The van der Waals surface area contributed by atoms with Gasteiger partial charge in [0.15, 0.2) is 0 Å². The summed E-state index contributed by atoms with van der Waals surface area (Å²) in [5.74, 6) is -0.244. The summed E-state index contributed by atoms with van der Waals surface area (Å²) in [6, 6.07) is 7.11. The molecule has 1 amide bonds. The molecule has 1 aromatic carbocycles. The lowest BCUT2D eigenvalue weighted by molar-refractivity contribution is -0.116. The van der Waals surface area contributed by atoms with Gasteiger partial charge in [-0.05, 0) is 13.0 Å². The molecule has 1 aromatic heterocycles. The minimum Gasteiger partial charge on any atom is -0.389 e. The topological polar surface area (TPSA) is 106 Å². The summed E-state index contributed by atoms with van der Waals surface area (Å²) >= 11 is 0. The summed E-state index contributed by atoms with van der Waals surface area (Å²) in [7, 11) is 0. The minimum absolute atomic E-state index is 0.0428. The highest BCUT2D eigenvalue weighted by atomic mass is 16.3. The van der Waals surface area contributed by atoms with Gasteiger partial charge in [-0.15, -0.1) is 5.10 Å². The molecule has 7 heteroatoms. The Bertz CT molecular complexity index is 594. The van der Waals surface area contributed by atoms with Crippen molar-refractivity contribution in [1.29, 1.82) is 0 Å². The van der Waals surface area contributed by atoms with Crippen LogP contribution in [0.5, 0.6) is 0 Å². The van der Waals surface area contributed by atoms with Gasteiger partial charge in [0, 0.05) is 17.8 Å². The van der Waals surface area contributed by atoms with E-state index in [4.69, 9.17) is 5.73 Å². The van der Waals surface area contributed by atoms with E-state index in [0.29, 0.717) is 16.9 Å². The van der Waals surface area contributed by atoms with Gasteiger partial charge in [0.2, 0.25) is 5.91 Å². The minimum atomic E-state index is -0.651. The Morgan fingerprint density at radius 2 is 2.25 bits per heavy atom. The van der Waals surface area contributed by atoms with Crippen molar-refractivity contribution in [2.24, 2.45) is 5.73 Å². The van der Waals surface area contributed by atoms with Crippen LogP contribution in [0.15, 0.2) is 30.5 Å². The highest BCUT2D eigenvalue weighted by Crippen LogP contribution is 2.22. The van der Waals surface area contributed by atoms with Gasteiger partial charge in [-0.25, -0.2) is 4.68 Å². The first kappa shape index (κ1) is 14.2. The first-order valence-electron chi connectivity index (χ1n) is 6.26. The van der Waals surface area contributed by atoms with Gasteiger partial charge in [-0.2, -0.15) is 0 Å². The smallest absolute Gasteiger partial charge is 0.246 e. The van der Waals surface area contributed by atoms with E-state index < -0.39 is 6.10 Å². The Hall–Kier alpha value is -2.25. The van der Waals surface area contributed by atoms with Crippen molar-refractivity contribution >= 4 is 11.6 Å². The van der Waals surface area contributed by atoms with Crippen LogP contribution in [0.2, 0.25) is 0 Å². The van der Waals surface area contributed by atoms with Crippen LogP contribution >= 0.6 is 0 Å². The van der Waals surface area contributed by atoms with Crippen molar-refractivity contribution in [2.75, 3.05) is 5.32 Å². The normalized spacial score (nSPS) is 12.2. The molecule has 2 aromatic rings. The van der Waals surface area contributed by atoms with Crippen LogP contribution in [0.3, 0.4) is 0 Å². The van der Waals surface area contributed by atoms with Crippen LogP contribution in [-0.4, -0.2) is 26.0 Å². The average Bonchev–Trinajstić information content (AvgIpc) is 2.86. The number of aliphatic hydroxyl groups is 1. The van der Waals surface area contributed by atoms with E-state index in [9.17, 15) is 9.90 Å². The third-order valence-electron chi connectivity index (χ3n) is 2.79. The van der Waals surface area contributed by atoms with Crippen LogP contribution in [0.1, 0.15) is 24.3 Å². The standard InChI is InChI=1S/C13H17N5O2/c1-9(19)11-4-2-3-5-12(11)15-13(20)8-18-7-10(6-14)16-17-18/h2-5,7,9,19H,6,8,14H2,1H3,(H,15,20). The molecule has 0 aliphatic heterocycles. The Labute approximate surface area is 116 Å². The summed E-state index contributed by atoms with van der Waals surface area (Å²) in [6.07, 6.45) is 0.974. The monoisotopic (exact) mass is 275 g/mol. The molecule has 0 fully saturated rings. The number of nitrogens with one attached hydrogen (secondary N) is 1. The molecule has 0 radical (unpaired) electrons. The molecular weight excluding hydrogens is 258 g/mol. The van der Waals surface area contributed by atoms with Crippen LogP contribution in [0.25, 0.3) is 0 Å². The third kappa shape index (κ3) is 3.40. The van der Waals surface area contributed by atoms with E-state index in [2.05, 4.69) is 15.6 Å². The lowest BCUT2D eigenvalue weighted by atomic mass is 10.1. The number of nitrogens with zero attached hydrogens (tertiary/aromatic N) is 3. The first-order valence-corrected chi connectivity index (χ1v) is 6.26. The van der Waals surface area contributed by atoms with Crippen molar-refractivity contribution in [3.05, 3.63) is 41.7 Å². The zero-order chi connectivity index (χ0) is 14.5. The molecule has 1 heterocycles. The quantitative estimate of drug-likeness (QED) is 0.733. The highest BCUT2D eigenvalue weighted by molar-refractivity contribution is 5.91. The fourth-order valence-electron chi connectivity index (χ4n) is 1.82. The molecular formula is C13H17N5O2. The van der Waals surface area contributed by atoms with E-state index >= 15 is 0 Å². The molecule has 20 heavy (non-hydrogen) atoms. The number of nitrogens with two attached hydrogens (primary N) is 1. The predicted octanol–water partition coefficient (Wildman–Crippen LogP) is 0.429. The second-order valence-corrected chi connectivity index (χ2v) is 4.42. The van der Waals surface area contributed by atoms with E-state index in [1.165, 1.54) is 4.68 Å². The van der Waals surface area contributed by atoms with Crippen molar-refractivity contribution in [2.45, 2.75) is 26.1 Å². The Morgan fingerprint density at radius 1 is 1.50 bits per heavy atom. The Balaban J connectivity index is 2.04. The largest absolute Gasteiger partial charge is 0.389 e. The van der Waals surface area contributed by atoms with Gasteiger partial charge in [0.25, 0.3) is 0 Å². The van der Waals surface area contributed by atoms with Crippen molar-refractivity contribution in [1.82, 2.24) is 15.0 Å². The van der Waals surface area contributed by atoms with Gasteiger partial charge < -0.3 is 16.2 Å². The number of carbonyl (C=O) groups excluding carboxylic acids is 1. The molecule has 0 spiro atoms. The molecule has 0 aliphatic rings. The van der Waals surface area contributed by atoms with Crippen LogP contribution < -0.4 is 11.1 Å². The molecule has 0 saturated heterocycles.